The summed E-state index contributed by atoms with van der Waals surface area (Å²) in [5, 5.41) is 7.78. The molecule has 0 bridgehead atoms. The zero-order valence-corrected chi connectivity index (χ0v) is 17.1. The standard InChI is InChI=1S/C23H20ClN3O3/c1-16-2-4-17(5-3-16)14-27-13-12-22(26-27)25-23(28)21-11-10-20(30-21)15-29-19-8-6-18(24)7-9-19/h2-13H,14-15H2,1H3,(H,25,26,28). The third-order valence-electron chi connectivity index (χ3n) is 4.43. The van der Waals surface area contributed by atoms with E-state index in [1.807, 2.05) is 6.20 Å². The molecule has 1 N–H and O–H groups in total. The summed E-state index contributed by atoms with van der Waals surface area (Å²) >= 11 is 5.86. The van der Waals surface area contributed by atoms with Gasteiger partial charge in [-0.2, -0.15) is 5.10 Å². The number of halogens is 1. The highest BCUT2D eigenvalue weighted by Gasteiger charge is 2.13. The van der Waals surface area contributed by atoms with Gasteiger partial charge in [0.15, 0.2) is 11.6 Å². The molecule has 1 amide bonds. The van der Waals surface area contributed by atoms with Crippen molar-refractivity contribution in [2.24, 2.45) is 0 Å². The Kier molecular flexibility index (Phi) is 5.86. The molecule has 2 aromatic heterocycles. The van der Waals surface area contributed by atoms with Gasteiger partial charge >= 0.3 is 0 Å². The zero-order valence-electron chi connectivity index (χ0n) is 16.3. The zero-order chi connectivity index (χ0) is 20.9. The molecule has 0 aliphatic rings. The third kappa shape index (κ3) is 5.10. The number of nitrogens with zero attached hydrogens (tertiary/aromatic N) is 2. The van der Waals surface area contributed by atoms with Gasteiger partial charge in [-0.25, -0.2) is 0 Å². The Morgan fingerprint density at radius 1 is 1.07 bits per heavy atom. The monoisotopic (exact) mass is 421 g/mol. The number of aryl methyl sites for hydroxylation is 1. The van der Waals surface area contributed by atoms with Crippen LogP contribution in [-0.2, 0) is 13.2 Å². The second kappa shape index (κ2) is 8.88. The molecule has 7 heteroatoms. The van der Waals surface area contributed by atoms with Crippen LogP contribution >= 0.6 is 11.6 Å². The predicted molar refractivity (Wildman–Crippen MR) is 115 cm³/mol. The van der Waals surface area contributed by atoms with Crippen LogP contribution in [0.25, 0.3) is 0 Å². The van der Waals surface area contributed by atoms with E-state index >= 15 is 0 Å². The third-order valence-corrected chi connectivity index (χ3v) is 4.68. The highest BCUT2D eigenvalue weighted by Crippen LogP contribution is 2.18. The van der Waals surface area contributed by atoms with Gasteiger partial charge in [-0.05, 0) is 48.9 Å². The van der Waals surface area contributed by atoms with E-state index in [0.717, 1.165) is 5.56 Å². The molecule has 0 radical (unpaired) electrons. The Bertz CT molecular complexity index is 1130. The summed E-state index contributed by atoms with van der Waals surface area (Å²) in [5.74, 6) is 1.49. The van der Waals surface area contributed by atoms with Gasteiger partial charge in [0.25, 0.3) is 5.91 Å². The van der Waals surface area contributed by atoms with E-state index < -0.39 is 0 Å². The summed E-state index contributed by atoms with van der Waals surface area (Å²) in [6.07, 6.45) is 1.82. The number of hydrogen-bond donors (Lipinski definition) is 1. The molecule has 0 atom stereocenters. The predicted octanol–water partition coefficient (Wildman–Crippen LogP) is 5.32. The molecule has 0 saturated heterocycles. The first-order valence-corrected chi connectivity index (χ1v) is 9.80. The molecule has 0 saturated carbocycles. The number of hydrogen-bond acceptors (Lipinski definition) is 4. The number of carbonyl (C=O) groups excluding carboxylic acids is 1. The van der Waals surface area contributed by atoms with Crippen molar-refractivity contribution < 1.29 is 13.9 Å². The maximum atomic E-state index is 12.4. The van der Waals surface area contributed by atoms with Crippen LogP contribution in [0.15, 0.2) is 77.3 Å². The molecule has 2 heterocycles. The summed E-state index contributed by atoms with van der Waals surface area (Å²) in [6, 6.07) is 20.3. The van der Waals surface area contributed by atoms with Gasteiger partial charge in [0.2, 0.25) is 0 Å². The number of amides is 1. The molecule has 0 fully saturated rings. The summed E-state index contributed by atoms with van der Waals surface area (Å²) < 4.78 is 13.0. The van der Waals surface area contributed by atoms with Crippen molar-refractivity contribution in [3.05, 3.63) is 101 Å². The normalized spacial score (nSPS) is 10.7. The van der Waals surface area contributed by atoms with E-state index in [4.69, 9.17) is 20.8 Å². The van der Waals surface area contributed by atoms with Crippen LogP contribution in [-0.4, -0.2) is 15.7 Å². The molecule has 152 valence electrons. The number of aromatic nitrogens is 2. The smallest absolute Gasteiger partial charge is 0.292 e. The van der Waals surface area contributed by atoms with Gasteiger partial charge in [0, 0.05) is 17.3 Å². The molecule has 0 aliphatic heterocycles. The fourth-order valence-electron chi connectivity index (χ4n) is 2.84. The Balaban J connectivity index is 1.32. The lowest BCUT2D eigenvalue weighted by Gasteiger charge is -2.04. The average molecular weight is 422 g/mol. The van der Waals surface area contributed by atoms with Gasteiger partial charge in [0.1, 0.15) is 18.1 Å². The lowest BCUT2D eigenvalue weighted by atomic mass is 10.1. The Morgan fingerprint density at radius 3 is 2.60 bits per heavy atom. The van der Waals surface area contributed by atoms with E-state index in [-0.39, 0.29) is 18.3 Å². The highest BCUT2D eigenvalue weighted by molar-refractivity contribution is 6.30. The van der Waals surface area contributed by atoms with Crippen molar-refractivity contribution in [1.82, 2.24) is 9.78 Å². The number of ether oxygens (including phenoxy) is 1. The quantitative estimate of drug-likeness (QED) is 0.438. The Labute approximate surface area is 179 Å². The fourth-order valence-corrected chi connectivity index (χ4v) is 2.96. The summed E-state index contributed by atoms with van der Waals surface area (Å²) in [4.78, 5) is 12.4. The lowest BCUT2D eigenvalue weighted by molar-refractivity contribution is 0.0992. The summed E-state index contributed by atoms with van der Waals surface area (Å²) in [7, 11) is 0. The molecule has 2 aromatic carbocycles. The minimum Gasteiger partial charge on any atom is -0.486 e. The number of nitrogens with one attached hydrogen (secondary N) is 1. The Morgan fingerprint density at radius 2 is 1.83 bits per heavy atom. The van der Waals surface area contributed by atoms with Gasteiger partial charge in [-0.3, -0.25) is 9.48 Å². The maximum Gasteiger partial charge on any atom is 0.292 e. The van der Waals surface area contributed by atoms with Gasteiger partial charge in [-0.15, -0.1) is 0 Å². The van der Waals surface area contributed by atoms with Crippen LogP contribution in [0.3, 0.4) is 0 Å². The number of anilines is 1. The van der Waals surface area contributed by atoms with Crippen LogP contribution in [0.1, 0.15) is 27.4 Å². The molecule has 30 heavy (non-hydrogen) atoms. The molecule has 0 aliphatic carbocycles. The molecule has 0 unspecified atom stereocenters. The van der Waals surface area contributed by atoms with Crippen molar-refractivity contribution in [3.8, 4) is 5.75 Å². The van der Waals surface area contributed by atoms with E-state index in [9.17, 15) is 4.79 Å². The van der Waals surface area contributed by atoms with Gasteiger partial charge < -0.3 is 14.5 Å². The Hall–Kier alpha value is -3.51. The van der Waals surface area contributed by atoms with Crippen molar-refractivity contribution in [2.75, 3.05) is 5.32 Å². The number of furan rings is 1. The van der Waals surface area contributed by atoms with E-state index in [2.05, 4.69) is 41.6 Å². The summed E-state index contributed by atoms with van der Waals surface area (Å²) in [5.41, 5.74) is 2.35. The molecule has 0 spiro atoms. The lowest BCUT2D eigenvalue weighted by Crippen LogP contribution is -2.12. The number of benzene rings is 2. The van der Waals surface area contributed by atoms with Crippen LogP contribution in [0.5, 0.6) is 5.75 Å². The highest BCUT2D eigenvalue weighted by atomic mass is 35.5. The SMILES string of the molecule is Cc1ccc(Cn2ccc(NC(=O)c3ccc(COc4ccc(Cl)cc4)o3)n2)cc1. The minimum absolute atomic E-state index is 0.192. The van der Waals surface area contributed by atoms with Crippen LogP contribution in [0.4, 0.5) is 5.82 Å². The first-order valence-electron chi connectivity index (χ1n) is 9.42. The first kappa shape index (κ1) is 19.8. The fraction of sp³-hybridized carbons (Fsp3) is 0.130. The van der Waals surface area contributed by atoms with Crippen molar-refractivity contribution in [1.29, 1.82) is 0 Å². The first-order chi connectivity index (χ1) is 14.5. The van der Waals surface area contributed by atoms with E-state index in [1.54, 1.807) is 47.1 Å². The number of carbonyl (C=O) groups is 1. The van der Waals surface area contributed by atoms with Crippen LogP contribution in [0.2, 0.25) is 5.02 Å². The largest absolute Gasteiger partial charge is 0.486 e. The topological polar surface area (TPSA) is 69.3 Å². The second-order valence-corrected chi connectivity index (χ2v) is 7.28. The molecule has 4 rings (SSSR count). The van der Waals surface area contributed by atoms with E-state index in [1.165, 1.54) is 5.56 Å². The van der Waals surface area contributed by atoms with Gasteiger partial charge in [-0.1, -0.05) is 41.4 Å². The van der Waals surface area contributed by atoms with E-state index in [0.29, 0.717) is 28.9 Å². The second-order valence-electron chi connectivity index (χ2n) is 6.85. The molecular weight excluding hydrogens is 402 g/mol. The van der Waals surface area contributed by atoms with Crippen molar-refractivity contribution in [2.45, 2.75) is 20.1 Å². The van der Waals surface area contributed by atoms with Crippen LogP contribution < -0.4 is 10.1 Å². The number of rotatable bonds is 7. The van der Waals surface area contributed by atoms with Gasteiger partial charge in [0.05, 0.1) is 6.54 Å². The van der Waals surface area contributed by atoms with Crippen molar-refractivity contribution >= 4 is 23.3 Å². The minimum atomic E-state index is -0.367. The molecule has 6 nitrogen and oxygen atoms in total. The molecular formula is C23H20ClN3O3. The maximum absolute atomic E-state index is 12.4. The van der Waals surface area contributed by atoms with Crippen molar-refractivity contribution in [3.63, 3.8) is 0 Å². The average Bonchev–Trinajstić information content (AvgIpc) is 3.39. The summed E-state index contributed by atoms with van der Waals surface area (Å²) in [6.45, 7) is 2.89. The molecule has 4 aromatic rings. The van der Waals surface area contributed by atoms with Crippen LogP contribution in [0, 0.1) is 6.92 Å².